The molecule has 2 heterocycles. The van der Waals surface area contributed by atoms with E-state index in [1.807, 2.05) is 0 Å². The van der Waals surface area contributed by atoms with E-state index in [-0.39, 0.29) is 11.3 Å². The number of hydrogen-bond acceptors (Lipinski definition) is 4. The van der Waals surface area contributed by atoms with Crippen molar-refractivity contribution in [2.24, 2.45) is 0 Å². The Kier molecular flexibility index (Phi) is 2.87. The van der Waals surface area contributed by atoms with Gasteiger partial charge in [-0.2, -0.15) is 0 Å². The lowest BCUT2D eigenvalue weighted by atomic mass is 10.1. The zero-order chi connectivity index (χ0) is 15.0. The fraction of sp³-hybridized carbons (Fsp3) is 0. The lowest BCUT2D eigenvalue weighted by Gasteiger charge is -2.02. The highest BCUT2D eigenvalue weighted by Crippen LogP contribution is 2.29. The van der Waals surface area contributed by atoms with E-state index in [0.29, 0.717) is 22.2 Å². The predicted molar refractivity (Wildman–Crippen MR) is 75.1 cm³/mol. The van der Waals surface area contributed by atoms with E-state index >= 15 is 0 Å². The van der Waals surface area contributed by atoms with Crippen molar-refractivity contribution < 1.29 is 14.8 Å². The van der Waals surface area contributed by atoms with Crippen molar-refractivity contribution in [3.05, 3.63) is 58.4 Å². The average molecular weight is 283 g/mol. The molecule has 21 heavy (non-hydrogen) atoms. The first-order chi connectivity index (χ1) is 10.1. The van der Waals surface area contributed by atoms with Crippen molar-refractivity contribution in [1.29, 1.82) is 0 Å². The van der Waals surface area contributed by atoms with E-state index in [9.17, 15) is 14.9 Å². The summed E-state index contributed by atoms with van der Waals surface area (Å²) < 4.78 is 0. The second-order valence-electron chi connectivity index (χ2n) is 4.43. The highest BCUT2D eigenvalue weighted by atomic mass is 16.6. The molecular weight excluding hydrogens is 274 g/mol. The number of carbonyl (C=O) groups is 1. The van der Waals surface area contributed by atoms with Crippen molar-refractivity contribution in [2.45, 2.75) is 0 Å². The van der Waals surface area contributed by atoms with E-state index < -0.39 is 10.9 Å². The molecule has 0 aliphatic carbocycles. The molecule has 2 N–H and O–H groups in total. The number of nitrogens with zero attached hydrogens (tertiary/aromatic N) is 2. The lowest BCUT2D eigenvalue weighted by molar-refractivity contribution is -0.383. The van der Waals surface area contributed by atoms with Crippen molar-refractivity contribution >= 4 is 22.6 Å². The normalized spacial score (nSPS) is 10.7. The molecule has 0 aliphatic rings. The Morgan fingerprint density at radius 3 is 2.81 bits per heavy atom. The number of rotatable bonds is 3. The van der Waals surface area contributed by atoms with Crippen LogP contribution in [0.3, 0.4) is 0 Å². The molecule has 0 unspecified atom stereocenters. The number of nitro groups is 1. The molecule has 1 aromatic carbocycles. The van der Waals surface area contributed by atoms with Gasteiger partial charge in [-0.05, 0) is 24.3 Å². The Morgan fingerprint density at radius 2 is 2.10 bits per heavy atom. The molecule has 3 rings (SSSR count). The molecule has 0 saturated heterocycles. The fourth-order valence-corrected chi connectivity index (χ4v) is 2.14. The maximum atomic E-state index is 11.0. The number of aromatic nitrogens is 2. The number of aromatic amines is 1. The van der Waals surface area contributed by atoms with Crippen LogP contribution in [-0.2, 0) is 0 Å². The number of hydrogen-bond donors (Lipinski definition) is 2. The highest BCUT2D eigenvalue weighted by Gasteiger charge is 2.15. The molecule has 0 saturated carbocycles. The third-order valence-corrected chi connectivity index (χ3v) is 3.16. The lowest BCUT2D eigenvalue weighted by Crippen LogP contribution is -1.97. The Balaban J connectivity index is 2.16. The predicted octanol–water partition coefficient (Wildman–Crippen LogP) is 2.84. The number of benzene rings is 1. The molecule has 7 heteroatoms. The summed E-state index contributed by atoms with van der Waals surface area (Å²) in [7, 11) is 0. The van der Waals surface area contributed by atoms with Gasteiger partial charge in [-0.25, -0.2) is 4.79 Å². The van der Waals surface area contributed by atoms with Crippen LogP contribution in [0.1, 0.15) is 10.4 Å². The monoisotopic (exact) mass is 283 g/mol. The minimum absolute atomic E-state index is 0.0266. The smallest absolute Gasteiger partial charge is 0.335 e. The van der Waals surface area contributed by atoms with Crippen molar-refractivity contribution in [1.82, 2.24) is 9.97 Å². The molecule has 0 bridgehead atoms. The average Bonchev–Trinajstić information content (AvgIpc) is 2.90. The molecule has 3 aromatic rings. The number of aromatic carboxylic acids is 1. The van der Waals surface area contributed by atoms with Crippen LogP contribution < -0.4 is 0 Å². The van der Waals surface area contributed by atoms with Crippen LogP contribution in [0.15, 0.2) is 42.7 Å². The third-order valence-electron chi connectivity index (χ3n) is 3.16. The Labute approximate surface area is 118 Å². The SMILES string of the molecule is O=C(O)c1ccnc(-c2ccc3[nH]cc([N+](=O)[O-])c3c2)c1. The molecule has 0 spiro atoms. The Bertz CT molecular complexity index is 870. The van der Waals surface area contributed by atoms with Gasteiger partial charge in [0.15, 0.2) is 0 Å². The summed E-state index contributed by atoms with van der Waals surface area (Å²) in [6.45, 7) is 0. The fourth-order valence-electron chi connectivity index (χ4n) is 2.14. The Hall–Kier alpha value is -3.22. The quantitative estimate of drug-likeness (QED) is 0.567. The van der Waals surface area contributed by atoms with Gasteiger partial charge in [0.1, 0.15) is 0 Å². The van der Waals surface area contributed by atoms with Crippen molar-refractivity contribution in [2.75, 3.05) is 0 Å². The summed E-state index contributed by atoms with van der Waals surface area (Å²) in [5, 5.41) is 20.4. The first kappa shape index (κ1) is 12.8. The van der Waals surface area contributed by atoms with Gasteiger partial charge in [0.25, 0.3) is 5.69 Å². The molecule has 0 atom stereocenters. The van der Waals surface area contributed by atoms with E-state index in [4.69, 9.17) is 5.11 Å². The topological polar surface area (TPSA) is 109 Å². The first-order valence-electron chi connectivity index (χ1n) is 6.01. The van der Waals surface area contributed by atoms with E-state index in [1.54, 1.807) is 18.2 Å². The van der Waals surface area contributed by atoms with Crippen LogP contribution in [-0.4, -0.2) is 26.0 Å². The number of pyridine rings is 1. The second-order valence-corrected chi connectivity index (χ2v) is 4.43. The number of fused-ring (bicyclic) bond motifs is 1. The molecule has 104 valence electrons. The van der Waals surface area contributed by atoms with Gasteiger partial charge in [0.05, 0.1) is 33.3 Å². The van der Waals surface area contributed by atoms with Gasteiger partial charge in [-0.3, -0.25) is 15.1 Å². The van der Waals surface area contributed by atoms with E-state index in [2.05, 4.69) is 9.97 Å². The highest BCUT2D eigenvalue weighted by molar-refractivity contribution is 5.93. The third kappa shape index (κ3) is 2.20. The maximum Gasteiger partial charge on any atom is 0.335 e. The molecular formula is C14H9N3O4. The zero-order valence-electron chi connectivity index (χ0n) is 10.6. The Morgan fingerprint density at radius 1 is 1.29 bits per heavy atom. The number of carboxylic acids is 1. The second kappa shape index (κ2) is 4.71. The summed E-state index contributed by atoms with van der Waals surface area (Å²) in [5.41, 5.74) is 1.80. The van der Waals surface area contributed by atoms with Crippen molar-refractivity contribution in [3.8, 4) is 11.3 Å². The zero-order valence-corrected chi connectivity index (χ0v) is 10.6. The largest absolute Gasteiger partial charge is 0.478 e. The van der Waals surface area contributed by atoms with E-state index in [1.165, 1.54) is 24.5 Å². The van der Waals surface area contributed by atoms with Crippen molar-refractivity contribution in [3.63, 3.8) is 0 Å². The summed E-state index contributed by atoms with van der Waals surface area (Å²) in [6.07, 6.45) is 2.73. The standard InChI is InChI=1S/C14H9N3O4/c18-14(19)9-3-4-15-12(6-9)8-1-2-11-10(5-8)13(7-16-11)17(20)21/h1-7,16H,(H,18,19). The van der Waals surface area contributed by atoms with Gasteiger partial charge in [-0.1, -0.05) is 6.07 Å². The summed E-state index contributed by atoms with van der Waals surface area (Å²) in [6, 6.07) is 7.88. The first-order valence-corrected chi connectivity index (χ1v) is 6.01. The number of H-pyrrole nitrogens is 1. The molecule has 0 radical (unpaired) electrons. The van der Waals surface area contributed by atoms with Gasteiger partial charge in [0, 0.05) is 11.8 Å². The van der Waals surface area contributed by atoms with Gasteiger partial charge < -0.3 is 10.1 Å². The molecule has 7 nitrogen and oxygen atoms in total. The number of nitrogens with one attached hydrogen (secondary N) is 1. The van der Waals surface area contributed by atoms with Crippen LogP contribution in [0.2, 0.25) is 0 Å². The molecule has 0 fully saturated rings. The molecule has 0 amide bonds. The van der Waals surface area contributed by atoms with Crippen LogP contribution in [0.5, 0.6) is 0 Å². The van der Waals surface area contributed by atoms with Crippen LogP contribution in [0.4, 0.5) is 5.69 Å². The van der Waals surface area contributed by atoms with Gasteiger partial charge in [0.2, 0.25) is 0 Å². The van der Waals surface area contributed by atoms with Gasteiger partial charge >= 0.3 is 5.97 Å². The maximum absolute atomic E-state index is 11.0. The molecule has 0 aliphatic heterocycles. The van der Waals surface area contributed by atoms with Crippen LogP contribution in [0.25, 0.3) is 22.2 Å². The summed E-state index contributed by atoms with van der Waals surface area (Å²) in [5.74, 6) is -1.05. The summed E-state index contributed by atoms with van der Waals surface area (Å²) >= 11 is 0. The van der Waals surface area contributed by atoms with Crippen LogP contribution in [0, 0.1) is 10.1 Å². The number of carboxylic acid groups (broad SMARTS) is 1. The minimum Gasteiger partial charge on any atom is -0.478 e. The van der Waals surface area contributed by atoms with E-state index in [0.717, 1.165) is 0 Å². The minimum atomic E-state index is -1.05. The van der Waals surface area contributed by atoms with Gasteiger partial charge in [-0.15, -0.1) is 0 Å². The molecule has 2 aromatic heterocycles. The summed E-state index contributed by atoms with van der Waals surface area (Å²) in [4.78, 5) is 28.4. The van der Waals surface area contributed by atoms with Crippen LogP contribution >= 0.6 is 0 Å².